The number of halogens is 2. The van der Waals surface area contributed by atoms with Gasteiger partial charge in [-0.2, -0.15) is 5.10 Å². The maximum Gasteiger partial charge on any atom is 0.246 e. The molecule has 2 aromatic heterocycles. The number of nitrogens with one attached hydrogen (secondary N) is 3. The fourth-order valence-corrected chi connectivity index (χ4v) is 4.27. The van der Waals surface area contributed by atoms with Gasteiger partial charge in [0.05, 0.1) is 35.8 Å². The first-order valence-electron chi connectivity index (χ1n) is 12.8. The summed E-state index contributed by atoms with van der Waals surface area (Å²) in [5, 5.41) is 13.9. The van der Waals surface area contributed by atoms with E-state index in [1.807, 2.05) is 18.2 Å². The third-order valence-corrected chi connectivity index (χ3v) is 6.20. The molecule has 10 nitrogen and oxygen atoms in total. The number of amides is 1. The van der Waals surface area contributed by atoms with Crippen molar-refractivity contribution in [3.63, 3.8) is 0 Å². The number of benzene rings is 2. The molecule has 1 fully saturated rings. The number of carbonyl (C=O) groups is 1. The van der Waals surface area contributed by atoms with Crippen LogP contribution in [0.3, 0.4) is 0 Å². The summed E-state index contributed by atoms with van der Waals surface area (Å²) in [6.45, 7) is 3.00. The molecule has 1 unspecified atom stereocenters. The normalized spacial score (nSPS) is 15.0. The molecule has 1 aliphatic rings. The molecule has 0 radical (unpaired) electrons. The molecule has 0 saturated carbocycles. The Bertz CT molecular complexity index is 1430. The Hall–Kier alpha value is -4.16. The zero-order valence-corrected chi connectivity index (χ0v) is 21.2. The van der Waals surface area contributed by atoms with Crippen LogP contribution in [0.2, 0.25) is 0 Å². The fourth-order valence-electron chi connectivity index (χ4n) is 4.27. The summed E-state index contributed by atoms with van der Waals surface area (Å²) in [6, 6.07) is 9.20. The van der Waals surface area contributed by atoms with Crippen molar-refractivity contribution in [2.45, 2.75) is 31.9 Å². The van der Waals surface area contributed by atoms with Gasteiger partial charge in [0, 0.05) is 30.8 Å². The average molecular weight is 538 g/mol. The number of fused-ring (bicyclic) bond motifs is 1. The quantitative estimate of drug-likeness (QED) is 0.232. The number of nitrogens with zero attached hydrogens (tertiary/aromatic N) is 4. The van der Waals surface area contributed by atoms with Crippen LogP contribution >= 0.6 is 0 Å². The Kier molecular flexibility index (Phi) is 8.54. The lowest BCUT2D eigenvalue weighted by Gasteiger charge is -2.11. The van der Waals surface area contributed by atoms with E-state index in [4.69, 9.17) is 9.47 Å². The SMILES string of the molecule is O=C(Cn1cc(Nc2ncnc3cc(OCCCNCC4CCCO4)ccc23)cn1)Nc1cccc(F)c1F. The predicted molar refractivity (Wildman–Crippen MR) is 142 cm³/mol. The first-order valence-corrected chi connectivity index (χ1v) is 12.8. The maximum absolute atomic E-state index is 13.8. The van der Waals surface area contributed by atoms with Gasteiger partial charge in [-0.05, 0) is 50.1 Å². The Morgan fingerprint density at radius 1 is 1.21 bits per heavy atom. The maximum atomic E-state index is 13.8. The molecule has 1 amide bonds. The summed E-state index contributed by atoms with van der Waals surface area (Å²) < 4.78 is 40.0. The van der Waals surface area contributed by atoms with E-state index in [1.165, 1.54) is 29.3 Å². The molecule has 3 N–H and O–H groups in total. The fraction of sp³-hybridized carbons (Fsp3) is 0.333. The Balaban J connectivity index is 1.13. The van der Waals surface area contributed by atoms with Gasteiger partial charge in [0.2, 0.25) is 5.91 Å². The third kappa shape index (κ3) is 7.03. The van der Waals surface area contributed by atoms with E-state index in [1.54, 1.807) is 6.20 Å². The van der Waals surface area contributed by atoms with E-state index < -0.39 is 17.5 Å². The molecular weight excluding hydrogens is 508 g/mol. The summed E-state index contributed by atoms with van der Waals surface area (Å²) in [4.78, 5) is 21.0. The van der Waals surface area contributed by atoms with Crippen LogP contribution in [0.5, 0.6) is 5.75 Å². The predicted octanol–water partition coefficient (Wildman–Crippen LogP) is 4.02. The first-order chi connectivity index (χ1) is 19.0. The topological polar surface area (TPSA) is 115 Å². The summed E-state index contributed by atoms with van der Waals surface area (Å²) in [7, 11) is 0. The van der Waals surface area contributed by atoms with E-state index in [2.05, 4.69) is 31.0 Å². The number of carbonyl (C=O) groups excluding carboxylic acids is 1. The lowest BCUT2D eigenvalue weighted by molar-refractivity contribution is -0.116. The zero-order valence-electron chi connectivity index (χ0n) is 21.2. The minimum atomic E-state index is -1.11. The Morgan fingerprint density at radius 3 is 3.00 bits per heavy atom. The molecule has 0 bridgehead atoms. The number of aromatic nitrogens is 4. The minimum absolute atomic E-state index is 0.188. The summed E-state index contributed by atoms with van der Waals surface area (Å²) in [5.74, 6) is -1.41. The summed E-state index contributed by atoms with van der Waals surface area (Å²) >= 11 is 0. The highest BCUT2D eigenvalue weighted by Crippen LogP contribution is 2.26. The first kappa shape index (κ1) is 26.4. The van der Waals surface area contributed by atoms with Gasteiger partial charge in [-0.1, -0.05) is 6.07 Å². The minimum Gasteiger partial charge on any atom is -0.493 e. The van der Waals surface area contributed by atoms with Crippen LogP contribution in [0, 0.1) is 11.6 Å². The molecule has 204 valence electrons. The molecule has 12 heteroatoms. The molecule has 2 aromatic carbocycles. The zero-order chi connectivity index (χ0) is 27.0. The van der Waals surface area contributed by atoms with Crippen molar-refractivity contribution in [3.05, 3.63) is 66.8 Å². The van der Waals surface area contributed by atoms with Gasteiger partial charge in [0.15, 0.2) is 11.6 Å². The van der Waals surface area contributed by atoms with Crippen molar-refractivity contribution in [1.82, 2.24) is 25.1 Å². The highest BCUT2D eigenvalue weighted by molar-refractivity contribution is 5.92. The van der Waals surface area contributed by atoms with Crippen molar-refractivity contribution < 1.29 is 23.0 Å². The summed E-state index contributed by atoms with van der Waals surface area (Å²) in [6.07, 6.45) is 8.08. The van der Waals surface area contributed by atoms with Crippen molar-refractivity contribution in [2.24, 2.45) is 0 Å². The van der Waals surface area contributed by atoms with Gasteiger partial charge in [-0.15, -0.1) is 0 Å². The number of hydrogen-bond donors (Lipinski definition) is 3. The molecule has 0 aliphatic carbocycles. The molecule has 39 heavy (non-hydrogen) atoms. The number of anilines is 3. The molecule has 4 aromatic rings. The second-order valence-corrected chi connectivity index (χ2v) is 9.14. The second kappa shape index (κ2) is 12.6. The molecule has 1 aliphatic heterocycles. The van der Waals surface area contributed by atoms with Gasteiger partial charge < -0.3 is 25.4 Å². The lowest BCUT2D eigenvalue weighted by atomic mass is 10.2. The van der Waals surface area contributed by atoms with E-state index in [0.29, 0.717) is 29.7 Å². The molecular formula is C27H29F2N7O3. The standard InChI is InChI=1S/C27H29F2N7O3/c28-22-5-1-6-23(26(22)29)35-25(37)16-36-15-18(13-33-36)34-27-21-8-7-19(12-24(21)31-17-32-27)38-11-3-9-30-14-20-4-2-10-39-20/h1,5-8,12-13,15,17,20,30H,2-4,9-11,14,16H2,(H,35,37)(H,31,32,34). The van der Waals surface area contributed by atoms with Crippen molar-refractivity contribution in [3.8, 4) is 5.75 Å². The average Bonchev–Trinajstić information content (AvgIpc) is 3.61. The number of ether oxygens (including phenoxy) is 2. The monoisotopic (exact) mass is 537 g/mol. The van der Waals surface area contributed by atoms with E-state index in [0.717, 1.165) is 56.2 Å². The Morgan fingerprint density at radius 2 is 2.13 bits per heavy atom. The van der Waals surface area contributed by atoms with Crippen LogP contribution in [0.1, 0.15) is 19.3 Å². The van der Waals surface area contributed by atoms with Gasteiger partial charge in [0.1, 0.15) is 24.4 Å². The van der Waals surface area contributed by atoms with Gasteiger partial charge in [-0.25, -0.2) is 18.7 Å². The number of hydrogen-bond acceptors (Lipinski definition) is 8. The molecule has 1 atom stereocenters. The van der Waals surface area contributed by atoms with Crippen LogP contribution < -0.4 is 20.7 Å². The lowest BCUT2D eigenvalue weighted by Crippen LogP contribution is -2.27. The van der Waals surface area contributed by atoms with Crippen molar-refractivity contribution in [1.29, 1.82) is 0 Å². The van der Waals surface area contributed by atoms with Crippen molar-refractivity contribution in [2.75, 3.05) is 36.9 Å². The van der Waals surface area contributed by atoms with Crippen LogP contribution in [0.4, 0.5) is 26.0 Å². The Labute approximate surface area is 223 Å². The largest absolute Gasteiger partial charge is 0.493 e. The molecule has 0 spiro atoms. The second-order valence-electron chi connectivity index (χ2n) is 9.14. The molecule has 3 heterocycles. The van der Waals surface area contributed by atoms with E-state index in [-0.39, 0.29) is 12.2 Å². The molecule has 5 rings (SSSR count). The summed E-state index contributed by atoms with van der Waals surface area (Å²) in [5.41, 5.74) is 1.08. The highest BCUT2D eigenvalue weighted by Gasteiger charge is 2.15. The smallest absolute Gasteiger partial charge is 0.246 e. The van der Waals surface area contributed by atoms with Crippen molar-refractivity contribution >= 4 is 34.0 Å². The highest BCUT2D eigenvalue weighted by atomic mass is 19.2. The van der Waals surface area contributed by atoms with Crippen LogP contribution in [0.25, 0.3) is 10.9 Å². The van der Waals surface area contributed by atoms with Gasteiger partial charge >= 0.3 is 0 Å². The van der Waals surface area contributed by atoms with Crippen LogP contribution in [-0.4, -0.2) is 58.1 Å². The third-order valence-electron chi connectivity index (χ3n) is 6.20. The van der Waals surface area contributed by atoms with E-state index >= 15 is 0 Å². The number of rotatable bonds is 12. The van der Waals surface area contributed by atoms with Crippen LogP contribution in [-0.2, 0) is 16.1 Å². The van der Waals surface area contributed by atoms with Gasteiger partial charge in [0.25, 0.3) is 0 Å². The van der Waals surface area contributed by atoms with E-state index in [9.17, 15) is 13.6 Å². The van der Waals surface area contributed by atoms with Crippen LogP contribution in [0.15, 0.2) is 55.1 Å². The van der Waals surface area contributed by atoms with Gasteiger partial charge in [-0.3, -0.25) is 9.48 Å². The molecule has 1 saturated heterocycles.